The molecule has 72 valence electrons. The monoisotopic (exact) mass is 171 g/mol. The maximum absolute atomic E-state index is 6.00. The summed E-state index contributed by atoms with van der Waals surface area (Å²) in [5.74, 6) is 0.707. The van der Waals surface area contributed by atoms with E-state index in [4.69, 9.17) is 5.73 Å². The Labute approximate surface area is 76.3 Å². The van der Waals surface area contributed by atoms with Gasteiger partial charge in [0, 0.05) is 18.4 Å². The van der Waals surface area contributed by atoms with Gasteiger partial charge in [0.25, 0.3) is 0 Å². The van der Waals surface area contributed by atoms with E-state index < -0.39 is 0 Å². The molecule has 0 radical (unpaired) electrons. The number of likely N-dealkylation sites (tertiary alicyclic amines) is 1. The Morgan fingerprint density at radius 1 is 1.33 bits per heavy atom. The fourth-order valence-corrected chi connectivity index (χ4v) is 2.34. The molecule has 0 aromatic carbocycles. The summed E-state index contributed by atoms with van der Waals surface area (Å²) in [5, 5.41) is 0. The summed E-state index contributed by atoms with van der Waals surface area (Å²) in [7, 11) is 0. The van der Waals surface area contributed by atoms with E-state index in [1.165, 1.54) is 37.1 Å². The van der Waals surface area contributed by atoms with Crippen LogP contribution < -0.4 is 5.73 Å². The predicted octanol–water partition coefficient (Wildman–Crippen LogP) is 1.21. The van der Waals surface area contributed by atoms with Crippen molar-refractivity contribution in [2.24, 2.45) is 11.7 Å². The van der Waals surface area contributed by atoms with Gasteiger partial charge in [-0.15, -0.1) is 0 Å². The van der Waals surface area contributed by atoms with Gasteiger partial charge in [0.15, 0.2) is 0 Å². The molecule has 2 unspecified atom stereocenters. The highest BCUT2D eigenvalue weighted by molar-refractivity contribution is 4.73. The Balaban J connectivity index is 2.58. The summed E-state index contributed by atoms with van der Waals surface area (Å²) in [4.78, 5) is 0. The van der Waals surface area contributed by atoms with Crippen LogP contribution in [-0.2, 0) is 0 Å². The molecule has 0 aliphatic carbocycles. The summed E-state index contributed by atoms with van der Waals surface area (Å²) < 4.78 is 1.29. The summed E-state index contributed by atoms with van der Waals surface area (Å²) in [6.07, 6.45) is 1.21. The summed E-state index contributed by atoms with van der Waals surface area (Å²) in [6, 6.07) is 0.453. The van der Waals surface area contributed by atoms with Crippen molar-refractivity contribution in [3.63, 3.8) is 0 Å². The van der Waals surface area contributed by atoms with Gasteiger partial charge in [-0.3, -0.25) is 0 Å². The van der Waals surface area contributed by atoms with Crippen molar-refractivity contribution in [3.8, 4) is 0 Å². The third-order valence-electron chi connectivity index (χ3n) is 3.68. The molecule has 12 heavy (non-hydrogen) atoms. The van der Waals surface area contributed by atoms with Gasteiger partial charge in [-0.25, -0.2) is 0 Å². The smallest absolute Gasteiger partial charge is 0.0827 e. The zero-order chi connectivity index (χ0) is 9.19. The van der Waals surface area contributed by atoms with E-state index in [-0.39, 0.29) is 0 Å². The molecule has 2 N–H and O–H groups in total. The molecule has 0 spiro atoms. The molecular formula is C10H23N2+. The number of nitrogens with two attached hydrogens (primary N) is 1. The highest BCUT2D eigenvalue weighted by Crippen LogP contribution is 2.21. The number of piperidine rings is 1. The number of hydrogen-bond donors (Lipinski definition) is 1. The lowest BCUT2D eigenvalue weighted by Gasteiger charge is -2.44. The number of hydrogen-bond acceptors (Lipinski definition) is 1. The Morgan fingerprint density at radius 2 is 1.92 bits per heavy atom. The lowest BCUT2D eigenvalue weighted by atomic mass is 9.92. The van der Waals surface area contributed by atoms with Crippen molar-refractivity contribution < 1.29 is 4.48 Å². The van der Waals surface area contributed by atoms with Gasteiger partial charge in [-0.2, -0.15) is 0 Å². The molecule has 2 atom stereocenters. The number of nitrogens with zero attached hydrogens (tertiary/aromatic N) is 1. The van der Waals surface area contributed by atoms with Crippen molar-refractivity contribution in [2.45, 2.75) is 33.2 Å². The van der Waals surface area contributed by atoms with Crippen LogP contribution in [0.1, 0.15) is 27.2 Å². The molecule has 2 heteroatoms. The lowest BCUT2D eigenvalue weighted by Crippen LogP contribution is -2.58. The minimum atomic E-state index is 0.453. The van der Waals surface area contributed by atoms with E-state index in [0.29, 0.717) is 12.0 Å². The molecule has 1 rings (SSSR count). The lowest BCUT2D eigenvalue weighted by molar-refractivity contribution is -0.932. The first-order valence-electron chi connectivity index (χ1n) is 5.24. The summed E-state index contributed by atoms with van der Waals surface area (Å²) in [5.41, 5.74) is 6.00. The minimum Gasteiger partial charge on any atom is -0.327 e. The molecule has 0 amide bonds. The molecule has 2 nitrogen and oxygen atoms in total. The van der Waals surface area contributed by atoms with Gasteiger partial charge in [0.1, 0.15) is 0 Å². The average molecular weight is 171 g/mol. The fourth-order valence-electron chi connectivity index (χ4n) is 2.34. The third-order valence-corrected chi connectivity index (χ3v) is 3.68. The second kappa shape index (κ2) is 3.75. The highest BCUT2D eigenvalue weighted by Gasteiger charge is 2.33. The SMILES string of the molecule is CC[N+]1(CC)CCC(N)C(C)C1. The average Bonchev–Trinajstić information content (AvgIpc) is 2.10. The fraction of sp³-hybridized carbons (Fsp3) is 1.00. The zero-order valence-corrected chi connectivity index (χ0v) is 8.71. The van der Waals surface area contributed by atoms with Crippen LogP contribution in [0.4, 0.5) is 0 Å². The van der Waals surface area contributed by atoms with Crippen molar-refractivity contribution in [2.75, 3.05) is 26.2 Å². The van der Waals surface area contributed by atoms with E-state index in [0.717, 1.165) is 0 Å². The van der Waals surface area contributed by atoms with E-state index in [2.05, 4.69) is 20.8 Å². The molecule has 0 saturated carbocycles. The highest BCUT2D eigenvalue weighted by atomic mass is 15.4. The van der Waals surface area contributed by atoms with E-state index in [9.17, 15) is 0 Å². The molecule has 0 aromatic rings. The molecule has 0 aromatic heterocycles. The van der Waals surface area contributed by atoms with Crippen LogP contribution in [0.5, 0.6) is 0 Å². The van der Waals surface area contributed by atoms with Gasteiger partial charge in [0.05, 0.1) is 26.2 Å². The minimum absolute atomic E-state index is 0.453. The molecule has 1 aliphatic rings. The van der Waals surface area contributed by atoms with Gasteiger partial charge in [0.2, 0.25) is 0 Å². The normalized spacial score (nSPS) is 35.0. The molecule has 1 aliphatic heterocycles. The van der Waals surface area contributed by atoms with Crippen molar-refractivity contribution in [3.05, 3.63) is 0 Å². The standard InChI is InChI=1S/C10H23N2/c1-4-12(5-2)7-6-10(11)9(3)8-12/h9-10H,4-8,11H2,1-3H3/q+1. The van der Waals surface area contributed by atoms with Crippen LogP contribution >= 0.6 is 0 Å². The summed E-state index contributed by atoms with van der Waals surface area (Å²) >= 11 is 0. The second-order valence-corrected chi connectivity index (χ2v) is 4.31. The van der Waals surface area contributed by atoms with Crippen LogP contribution in [-0.4, -0.2) is 36.7 Å². The molecule has 1 heterocycles. The Morgan fingerprint density at radius 3 is 2.33 bits per heavy atom. The Bertz CT molecular complexity index is 141. The molecule has 0 bridgehead atoms. The first-order valence-corrected chi connectivity index (χ1v) is 5.24. The van der Waals surface area contributed by atoms with E-state index in [1.54, 1.807) is 0 Å². The van der Waals surface area contributed by atoms with Crippen LogP contribution in [0.3, 0.4) is 0 Å². The maximum atomic E-state index is 6.00. The van der Waals surface area contributed by atoms with E-state index >= 15 is 0 Å². The quantitative estimate of drug-likeness (QED) is 0.621. The van der Waals surface area contributed by atoms with Gasteiger partial charge in [-0.05, 0) is 13.8 Å². The van der Waals surface area contributed by atoms with Gasteiger partial charge in [-0.1, -0.05) is 6.92 Å². The first kappa shape index (κ1) is 10.0. The zero-order valence-electron chi connectivity index (χ0n) is 8.71. The van der Waals surface area contributed by atoms with Gasteiger partial charge < -0.3 is 10.2 Å². The van der Waals surface area contributed by atoms with Crippen LogP contribution in [0.15, 0.2) is 0 Å². The third kappa shape index (κ3) is 1.80. The van der Waals surface area contributed by atoms with Crippen molar-refractivity contribution >= 4 is 0 Å². The Kier molecular flexibility index (Phi) is 3.13. The Hall–Kier alpha value is -0.0800. The van der Waals surface area contributed by atoms with Crippen molar-refractivity contribution in [1.29, 1.82) is 0 Å². The first-order chi connectivity index (χ1) is 5.63. The van der Waals surface area contributed by atoms with Crippen LogP contribution in [0, 0.1) is 5.92 Å². The second-order valence-electron chi connectivity index (χ2n) is 4.31. The van der Waals surface area contributed by atoms with Crippen LogP contribution in [0.25, 0.3) is 0 Å². The largest absolute Gasteiger partial charge is 0.327 e. The molecular weight excluding hydrogens is 148 g/mol. The molecule has 1 saturated heterocycles. The number of quaternary nitrogens is 1. The predicted molar refractivity (Wildman–Crippen MR) is 52.8 cm³/mol. The maximum Gasteiger partial charge on any atom is 0.0827 e. The summed E-state index contributed by atoms with van der Waals surface area (Å²) in [6.45, 7) is 12.0. The van der Waals surface area contributed by atoms with Crippen molar-refractivity contribution in [1.82, 2.24) is 0 Å². The van der Waals surface area contributed by atoms with Crippen LogP contribution in [0.2, 0.25) is 0 Å². The number of rotatable bonds is 2. The van der Waals surface area contributed by atoms with Gasteiger partial charge >= 0.3 is 0 Å². The topological polar surface area (TPSA) is 26.0 Å². The molecule has 1 fully saturated rings. The van der Waals surface area contributed by atoms with E-state index in [1.807, 2.05) is 0 Å².